The Bertz CT molecular complexity index is 462. The van der Waals surface area contributed by atoms with Crippen molar-refractivity contribution < 1.29 is 0 Å². The normalized spacial score (nSPS) is 10.0. The molecule has 0 saturated carbocycles. The fourth-order valence-corrected chi connectivity index (χ4v) is 1.29. The second kappa shape index (κ2) is 2.35. The smallest absolute Gasteiger partial charge is 0.0992 e. The summed E-state index contributed by atoms with van der Waals surface area (Å²) >= 11 is 0. The van der Waals surface area contributed by atoms with Crippen molar-refractivity contribution in [3.63, 3.8) is 0 Å². The van der Waals surface area contributed by atoms with E-state index in [-0.39, 0.29) is 0 Å². The van der Waals surface area contributed by atoms with Gasteiger partial charge in [0.2, 0.25) is 0 Å². The van der Waals surface area contributed by atoms with Gasteiger partial charge < -0.3 is 4.98 Å². The van der Waals surface area contributed by atoms with E-state index < -0.39 is 0 Å². The third kappa shape index (κ3) is 0.857. The minimum atomic E-state index is 0.671. The lowest BCUT2D eigenvalue weighted by atomic mass is 10.1. The zero-order chi connectivity index (χ0) is 8.55. The molecule has 0 aliphatic rings. The summed E-state index contributed by atoms with van der Waals surface area (Å²) < 4.78 is 0. The molecule has 0 amide bonds. The first kappa shape index (κ1) is 6.86. The van der Waals surface area contributed by atoms with Crippen LogP contribution in [0.3, 0.4) is 0 Å². The molecule has 0 bridgehead atoms. The highest BCUT2D eigenvalue weighted by Gasteiger charge is 2.01. The number of rotatable bonds is 0. The van der Waals surface area contributed by atoms with Crippen molar-refractivity contribution >= 4 is 11.0 Å². The van der Waals surface area contributed by atoms with Gasteiger partial charge in [-0.05, 0) is 24.6 Å². The van der Waals surface area contributed by atoms with Crippen LogP contribution in [0.4, 0.5) is 0 Å². The van der Waals surface area contributed by atoms with Crippen molar-refractivity contribution in [3.8, 4) is 6.07 Å². The first-order valence-corrected chi connectivity index (χ1v) is 3.65. The van der Waals surface area contributed by atoms with Crippen LogP contribution in [0.2, 0.25) is 0 Å². The summed E-state index contributed by atoms with van der Waals surface area (Å²) in [6, 6.07) is 5.74. The first-order chi connectivity index (χ1) is 5.81. The molecule has 3 heteroatoms. The third-order valence-corrected chi connectivity index (χ3v) is 1.84. The monoisotopic (exact) mass is 157 g/mol. The molecule has 0 spiro atoms. The quantitative estimate of drug-likeness (QED) is 0.633. The summed E-state index contributed by atoms with van der Waals surface area (Å²) in [5.41, 5.74) is 3.56. The predicted molar refractivity (Wildman–Crippen MR) is 45.5 cm³/mol. The van der Waals surface area contributed by atoms with Gasteiger partial charge in [-0.1, -0.05) is 0 Å². The summed E-state index contributed by atoms with van der Waals surface area (Å²) in [7, 11) is 0. The van der Waals surface area contributed by atoms with Crippen LogP contribution in [-0.2, 0) is 0 Å². The number of imidazole rings is 1. The average Bonchev–Trinajstić information content (AvgIpc) is 2.52. The number of hydrogen-bond donors (Lipinski definition) is 1. The topological polar surface area (TPSA) is 52.5 Å². The minimum absolute atomic E-state index is 0.671. The van der Waals surface area contributed by atoms with Crippen LogP contribution in [0.25, 0.3) is 11.0 Å². The standard InChI is InChI=1S/C9H7N3/c1-6-2-7(4-10)3-8-9(6)12-5-11-8/h2-3,5H,1H3,(H,11,12). The molecule has 0 saturated heterocycles. The number of benzene rings is 1. The molecule has 3 nitrogen and oxygen atoms in total. The van der Waals surface area contributed by atoms with Crippen LogP contribution in [0.1, 0.15) is 11.1 Å². The summed E-state index contributed by atoms with van der Waals surface area (Å²) in [5, 5.41) is 8.67. The highest BCUT2D eigenvalue weighted by Crippen LogP contribution is 2.15. The van der Waals surface area contributed by atoms with Gasteiger partial charge in [0.05, 0.1) is 29.0 Å². The Kier molecular flexibility index (Phi) is 1.34. The lowest BCUT2D eigenvalue weighted by Gasteiger charge is -1.94. The molecule has 1 N–H and O–H groups in total. The Morgan fingerprint density at radius 1 is 1.50 bits per heavy atom. The van der Waals surface area contributed by atoms with Gasteiger partial charge in [0.1, 0.15) is 0 Å². The summed E-state index contributed by atoms with van der Waals surface area (Å²) in [5.74, 6) is 0. The molecule has 2 aromatic rings. The van der Waals surface area contributed by atoms with E-state index in [2.05, 4.69) is 16.0 Å². The Morgan fingerprint density at radius 3 is 3.08 bits per heavy atom. The van der Waals surface area contributed by atoms with Crippen molar-refractivity contribution in [1.29, 1.82) is 5.26 Å². The van der Waals surface area contributed by atoms with E-state index in [0.717, 1.165) is 16.6 Å². The van der Waals surface area contributed by atoms with E-state index in [0.29, 0.717) is 5.56 Å². The van der Waals surface area contributed by atoms with Gasteiger partial charge in [-0.3, -0.25) is 0 Å². The minimum Gasteiger partial charge on any atom is -0.345 e. The molecule has 0 aliphatic heterocycles. The van der Waals surface area contributed by atoms with Gasteiger partial charge in [-0.15, -0.1) is 0 Å². The number of nitrogens with zero attached hydrogens (tertiary/aromatic N) is 2. The number of aromatic amines is 1. The Morgan fingerprint density at radius 2 is 2.33 bits per heavy atom. The molecule has 0 aliphatic carbocycles. The molecule has 58 valence electrons. The van der Waals surface area contributed by atoms with E-state index in [1.807, 2.05) is 13.0 Å². The number of nitrogens with one attached hydrogen (secondary N) is 1. The van der Waals surface area contributed by atoms with Gasteiger partial charge in [-0.2, -0.15) is 5.26 Å². The summed E-state index contributed by atoms with van der Waals surface area (Å²) in [4.78, 5) is 7.10. The molecule has 12 heavy (non-hydrogen) atoms. The first-order valence-electron chi connectivity index (χ1n) is 3.65. The van der Waals surface area contributed by atoms with E-state index in [1.54, 1.807) is 12.4 Å². The van der Waals surface area contributed by atoms with Crippen molar-refractivity contribution in [3.05, 3.63) is 29.6 Å². The highest BCUT2D eigenvalue weighted by atomic mass is 14.9. The van der Waals surface area contributed by atoms with Crippen molar-refractivity contribution in [2.45, 2.75) is 6.92 Å². The lowest BCUT2D eigenvalue weighted by Crippen LogP contribution is -1.80. The molecule has 2 rings (SSSR count). The highest BCUT2D eigenvalue weighted by molar-refractivity contribution is 5.79. The molecule has 1 heterocycles. The van der Waals surface area contributed by atoms with Crippen LogP contribution in [0.5, 0.6) is 0 Å². The van der Waals surface area contributed by atoms with Gasteiger partial charge >= 0.3 is 0 Å². The molecular formula is C9H7N3. The Labute approximate surface area is 69.7 Å². The molecule has 1 aromatic heterocycles. The second-order valence-corrected chi connectivity index (χ2v) is 2.70. The van der Waals surface area contributed by atoms with Crippen LogP contribution in [-0.4, -0.2) is 9.97 Å². The zero-order valence-electron chi connectivity index (χ0n) is 6.63. The lowest BCUT2D eigenvalue weighted by molar-refractivity contribution is 1.34. The van der Waals surface area contributed by atoms with Crippen LogP contribution < -0.4 is 0 Å². The molecular weight excluding hydrogens is 150 g/mol. The molecule has 0 fully saturated rings. The molecule has 1 aromatic carbocycles. The Balaban J connectivity index is 2.86. The maximum Gasteiger partial charge on any atom is 0.0992 e. The Hall–Kier alpha value is -1.82. The van der Waals surface area contributed by atoms with Gasteiger partial charge in [0, 0.05) is 0 Å². The fraction of sp³-hybridized carbons (Fsp3) is 0.111. The number of aromatic nitrogens is 2. The van der Waals surface area contributed by atoms with Crippen molar-refractivity contribution in [2.75, 3.05) is 0 Å². The molecule has 0 atom stereocenters. The van der Waals surface area contributed by atoms with Crippen molar-refractivity contribution in [2.24, 2.45) is 0 Å². The average molecular weight is 157 g/mol. The summed E-state index contributed by atoms with van der Waals surface area (Å²) in [6.45, 7) is 1.95. The fourth-order valence-electron chi connectivity index (χ4n) is 1.29. The summed E-state index contributed by atoms with van der Waals surface area (Å²) in [6.07, 6.45) is 1.64. The van der Waals surface area contributed by atoms with E-state index in [9.17, 15) is 0 Å². The van der Waals surface area contributed by atoms with Crippen LogP contribution in [0.15, 0.2) is 18.5 Å². The third-order valence-electron chi connectivity index (χ3n) is 1.84. The van der Waals surface area contributed by atoms with Gasteiger partial charge in [0.15, 0.2) is 0 Å². The van der Waals surface area contributed by atoms with Gasteiger partial charge in [-0.25, -0.2) is 4.98 Å². The number of nitriles is 1. The number of hydrogen-bond acceptors (Lipinski definition) is 2. The number of H-pyrrole nitrogens is 1. The van der Waals surface area contributed by atoms with E-state index in [1.165, 1.54) is 0 Å². The maximum absolute atomic E-state index is 8.67. The number of fused-ring (bicyclic) bond motifs is 1. The zero-order valence-corrected chi connectivity index (χ0v) is 6.63. The van der Waals surface area contributed by atoms with Crippen molar-refractivity contribution in [1.82, 2.24) is 9.97 Å². The van der Waals surface area contributed by atoms with E-state index >= 15 is 0 Å². The second-order valence-electron chi connectivity index (χ2n) is 2.70. The molecule has 0 radical (unpaired) electrons. The largest absolute Gasteiger partial charge is 0.345 e. The predicted octanol–water partition coefficient (Wildman–Crippen LogP) is 1.74. The number of aryl methyl sites for hydroxylation is 1. The van der Waals surface area contributed by atoms with E-state index in [4.69, 9.17) is 5.26 Å². The SMILES string of the molecule is Cc1cc(C#N)cc2[nH]cnc12. The maximum atomic E-state index is 8.67. The van der Waals surface area contributed by atoms with Gasteiger partial charge in [0.25, 0.3) is 0 Å². The molecule has 0 unspecified atom stereocenters. The van der Waals surface area contributed by atoms with Crippen LogP contribution >= 0.6 is 0 Å². The van der Waals surface area contributed by atoms with Crippen LogP contribution in [0, 0.1) is 18.3 Å².